The molecule has 0 aliphatic carbocycles. The van der Waals surface area contributed by atoms with E-state index in [1.807, 2.05) is 19.9 Å². The summed E-state index contributed by atoms with van der Waals surface area (Å²) in [6.45, 7) is 7.48. The summed E-state index contributed by atoms with van der Waals surface area (Å²) in [6.07, 6.45) is 5.65. The number of hydrogen-bond donors (Lipinski definition) is 0. The standard InChI is InChI=1S/C21H28F3NO2S/c1-5-6-7-8-12-20-18(15(2)3)14-16(4)17-11-9-10-13-19(17)25(20)28(26,27)21(22,23)24/h9-11,13-14,20H,5-8,12H2,1-4H3. The van der Waals surface area contributed by atoms with Gasteiger partial charge < -0.3 is 0 Å². The number of fused-ring (bicyclic) bond motifs is 1. The van der Waals surface area contributed by atoms with Crippen molar-refractivity contribution in [3.63, 3.8) is 0 Å². The molecule has 1 heterocycles. The van der Waals surface area contributed by atoms with Gasteiger partial charge in [0.1, 0.15) is 0 Å². The van der Waals surface area contributed by atoms with E-state index >= 15 is 0 Å². The Morgan fingerprint density at radius 1 is 1.11 bits per heavy atom. The largest absolute Gasteiger partial charge is 0.516 e. The molecule has 1 unspecified atom stereocenters. The molecule has 0 radical (unpaired) electrons. The van der Waals surface area contributed by atoms with Gasteiger partial charge in [-0.2, -0.15) is 21.6 Å². The van der Waals surface area contributed by atoms with Crippen molar-refractivity contribution in [1.82, 2.24) is 0 Å². The van der Waals surface area contributed by atoms with Gasteiger partial charge in [0.2, 0.25) is 0 Å². The van der Waals surface area contributed by atoms with Crippen LogP contribution < -0.4 is 4.31 Å². The Morgan fingerprint density at radius 3 is 2.32 bits per heavy atom. The first kappa shape index (κ1) is 22.5. The van der Waals surface area contributed by atoms with E-state index in [9.17, 15) is 21.6 Å². The maximum absolute atomic E-state index is 13.6. The van der Waals surface area contributed by atoms with Crippen molar-refractivity contribution >= 4 is 21.3 Å². The third-order valence-electron chi connectivity index (χ3n) is 5.04. The highest BCUT2D eigenvalue weighted by atomic mass is 32.2. The Hall–Kier alpha value is -1.76. The van der Waals surface area contributed by atoms with Gasteiger partial charge in [-0.1, -0.05) is 62.5 Å². The molecule has 1 aliphatic heterocycles. The second kappa shape index (κ2) is 8.72. The summed E-state index contributed by atoms with van der Waals surface area (Å²) >= 11 is 0. The molecule has 0 spiro atoms. The van der Waals surface area contributed by atoms with Gasteiger partial charge >= 0.3 is 15.5 Å². The summed E-state index contributed by atoms with van der Waals surface area (Å²) in [5.41, 5.74) is -2.57. The molecule has 0 fully saturated rings. The van der Waals surface area contributed by atoms with Crippen LogP contribution in [-0.2, 0) is 10.0 Å². The van der Waals surface area contributed by atoms with Gasteiger partial charge in [-0.25, -0.2) is 0 Å². The van der Waals surface area contributed by atoms with E-state index in [4.69, 9.17) is 0 Å². The summed E-state index contributed by atoms with van der Waals surface area (Å²) in [5.74, 6) is 0. The van der Waals surface area contributed by atoms with Gasteiger partial charge in [0.15, 0.2) is 0 Å². The van der Waals surface area contributed by atoms with Crippen LogP contribution in [-0.4, -0.2) is 20.0 Å². The average Bonchev–Trinajstić information content (AvgIpc) is 2.73. The molecule has 7 heteroatoms. The first-order chi connectivity index (χ1) is 13.0. The van der Waals surface area contributed by atoms with Gasteiger partial charge in [0.05, 0.1) is 11.7 Å². The second-order valence-corrected chi connectivity index (χ2v) is 9.22. The predicted molar refractivity (Wildman–Crippen MR) is 108 cm³/mol. The summed E-state index contributed by atoms with van der Waals surface area (Å²) in [5, 5.41) is 0. The van der Waals surface area contributed by atoms with Crippen molar-refractivity contribution in [2.24, 2.45) is 0 Å². The molecule has 1 atom stereocenters. The zero-order valence-corrected chi connectivity index (χ0v) is 17.6. The third-order valence-corrected chi connectivity index (χ3v) is 6.59. The van der Waals surface area contributed by atoms with Crippen LogP contribution in [0.5, 0.6) is 0 Å². The zero-order chi connectivity index (χ0) is 21.1. The Morgan fingerprint density at radius 2 is 1.75 bits per heavy atom. The topological polar surface area (TPSA) is 37.4 Å². The van der Waals surface area contributed by atoms with Crippen molar-refractivity contribution in [3.8, 4) is 0 Å². The maximum Gasteiger partial charge on any atom is 0.516 e. The highest BCUT2D eigenvalue weighted by molar-refractivity contribution is 7.93. The number of para-hydroxylation sites is 1. The first-order valence-corrected chi connectivity index (χ1v) is 11.0. The summed E-state index contributed by atoms with van der Waals surface area (Å²) in [7, 11) is -5.55. The van der Waals surface area contributed by atoms with Crippen LogP contribution in [0.2, 0.25) is 0 Å². The molecule has 28 heavy (non-hydrogen) atoms. The highest BCUT2D eigenvalue weighted by Gasteiger charge is 2.53. The Kier molecular flexibility index (Phi) is 7.02. The van der Waals surface area contributed by atoms with Crippen LogP contribution >= 0.6 is 0 Å². The van der Waals surface area contributed by atoms with Crippen molar-refractivity contribution in [1.29, 1.82) is 0 Å². The lowest BCUT2D eigenvalue weighted by molar-refractivity contribution is -0.0440. The number of allylic oxidation sites excluding steroid dienone is 2. The fraction of sp³-hybridized carbons (Fsp3) is 0.524. The minimum atomic E-state index is -5.55. The van der Waals surface area contributed by atoms with Crippen molar-refractivity contribution in [2.45, 2.75) is 71.3 Å². The predicted octanol–water partition coefficient (Wildman–Crippen LogP) is 6.43. The minimum absolute atomic E-state index is 0.0883. The molecule has 1 aromatic carbocycles. The fourth-order valence-corrected chi connectivity index (χ4v) is 4.82. The van der Waals surface area contributed by atoms with Crippen LogP contribution in [0.25, 0.3) is 5.57 Å². The first-order valence-electron chi connectivity index (χ1n) is 9.58. The van der Waals surface area contributed by atoms with Crippen molar-refractivity contribution in [3.05, 3.63) is 47.1 Å². The monoisotopic (exact) mass is 415 g/mol. The maximum atomic E-state index is 13.6. The molecule has 1 aromatic rings. The number of hydrogen-bond acceptors (Lipinski definition) is 2. The van der Waals surface area contributed by atoms with Crippen LogP contribution in [0.4, 0.5) is 18.9 Å². The lowest BCUT2D eigenvalue weighted by Crippen LogP contribution is -2.47. The SMILES string of the molecule is CCCCCCC1C(=C(C)C)C=C(C)c2ccccc2N1S(=O)(=O)C(F)(F)F. The fourth-order valence-electron chi connectivity index (χ4n) is 3.62. The number of halogens is 3. The van der Waals surface area contributed by atoms with Gasteiger partial charge in [-0.15, -0.1) is 0 Å². The highest BCUT2D eigenvalue weighted by Crippen LogP contribution is 2.42. The van der Waals surface area contributed by atoms with Crippen molar-refractivity contribution in [2.75, 3.05) is 4.31 Å². The van der Waals surface area contributed by atoms with Gasteiger partial charge in [0.25, 0.3) is 0 Å². The molecule has 0 aromatic heterocycles. The third kappa shape index (κ3) is 4.45. The van der Waals surface area contributed by atoms with Crippen LogP contribution in [0.1, 0.15) is 65.4 Å². The molecule has 0 saturated heterocycles. The van der Waals surface area contributed by atoms with Crippen LogP contribution in [0, 0.1) is 0 Å². The number of rotatable bonds is 6. The van der Waals surface area contributed by atoms with Gasteiger partial charge in [-0.3, -0.25) is 4.31 Å². The molecule has 3 nitrogen and oxygen atoms in total. The van der Waals surface area contributed by atoms with E-state index in [1.165, 1.54) is 6.07 Å². The van der Waals surface area contributed by atoms with E-state index in [0.29, 0.717) is 28.3 Å². The summed E-state index contributed by atoms with van der Waals surface area (Å²) < 4.78 is 66.8. The summed E-state index contributed by atoms with van der Waals surface area (Å²) in [4.78, 5) is 0. The molecule has 1 aliphatic rings. The molecule has 0 bridgehead atoms. The van der Waals surface area contributed by atoms with Crippen LogP contribution in [0.3, 0.4) is 0 Å². The molecular formula is C21H28F3NO2S. The molecule has 0 N–H and O–H groups in total. The smallest absolute Gasteiger partial charge is 0.255 e. The van der Waals surface area contributed by atoms with E-state index < -0.39 is 21.6 Å². The lowest BCUT2D eigenvalue weighted by Gasteiger charge is -2.34. The van der Waals surface area contributed by atoms with Gasteiger partial charge in [-0.05, 0) is 44.4 Å². The number of sulfonamides is 1. The molecule has 0 saturated carbocycles. The lowest BCUT2D eigenvalue weighted by atomic mass is 9.95. The average molecular weight is 416 g/mol. The number of alkyl halides is 3. The molecule has 2 rings (SSSR count). The Bertz CT molecular complexity index is 866. The zero-order valence-electron chi connectivity index (χ0n) is 16.8. The second-order valence-electron chi connectivity index (χ2n) is 7.41. The Labute approximate surface area is 166 Å². The number of nitrogens with zero attached hydrogens (tertiary/aromatic N) is 1. The number of benzene rings is 1. The normalized spacial score (nSPS) is 17.8. The summed E-state index contributed by atoms with van der Waals surface area (Å²) in [6, 6.07) is 5.53. The number of anilines is 1. The number of unbranched alkanes of at least 4 members (excludes halogenated alkanes) is 3. The molecule has 156 valence electrons. The quantitative estimate of drug-likeness (QED) is 0.502. The van der Waals surface area contributed by atoms with E-state index in [2.05, 4.69) is 6.92 Å². The molecule has 0 amide bonds. The van der Waals surface area contributed by atoms with Crippen molar-refractivity contribution < 1.29 is 21.6 Å². The van der Waals surface area contributed by atoms with E-state index in [1.54, 1.807) is 25.1 Å². The van der Waals surface area contributed by atoms with Gasteiger partial charge in [0, 0.05) is 5.56 Å². The van der Waals surface area contributed by atoms with E-state index in [0.717, 1.165) is 30.4 Å². The van der Waals surface area contributed by atoms with Crippen LogP contribution in [0.15, 0.2) is 41.5 Å². The molecular weight excluding hydrogens is 387 g/mol. The Balaban J connectivity index is 2.72. The van der Waals surface area contributed by atoms with E-state index in [-0.39, 0.29) is 5.69 Å². The minimum Gasteiger partial charge on any atom is -0.255 e.